The summed E-state index contributed by atoms with van der Waals surface area (Å²) >= 11 is 3.29. The van der Waals surface area contributed by atoms with E-state index in [2.05, 4.69) is 25.9 Å². The average Bonchev–Trinajstić information content (AvgIpc) is 2.58. The average molecular weight is 357 g/mol. The molecule has 1 heterocycles. The molecule has 0 radical (unpaired) electrons. The lowest BCUT2D eigenvalue weighted by atomic mass is 9.81. The minimum absolute atomic E-state index is 0.525. The third kappa shape index (κ3) is 5.07. The Kier molecular flexibility index (Phi) is 6.27. The van der Waals surface area contributed by atoms with Crippen LogP contribution in [0.5, 0.6) is 0 Å². The van der Waals surface area contributed by atoms with Crippen LogP contribution in [0.1, 0.15) is 0 Å². The van der Waals surface area contributed by atoms with E-state index in [1.165, 1.54) is 0 Å². The lowest BCUT2D eigenvalue weighted by Crippen LogP contribution is -2.29. The van der Waals surface area contributed by atoms with Crippen molar-refractivity contribution >= 4 is 28.5 Å². The highest BCUT2D eigenvalue weighted by molar-refractivity contribution is 9.10. The van der Waals surface area contributed by atoms with Crippen LogP contribution in [0, 0.1) is 0 Å². The lowest BCUT2D eigenvalue weighted by Gasteiger charge is -1.97. The van der Waals surface area contributed by atoms with Gasteiger partial charge in [0, 0.05) is 18.0 Å². The van der Waals surface area contributed by atoms with Crippen molar-refractivity contribution in [1.29, 1.82) is 0 Å². The number of nitrogens with zero attached hydrogens (tertiary/aromatic N) is 2. The summed E-state index contributed by atoms with van der Waals surface area (Å²) in [6.07, 6.45) is 3.49. The fraction of sp³-hybridized carbons (Fsp3) is 0. The predicted molar refractivity (Wildman–Crippen MR) is 91.4 cm³/mol. The van der Waals surface area contributed by atoms with Gasteiger partial charge in [-0.2, -0.15) is 0 Å². The van der Waals surface area contributed by atoms with E-state index in [0.717, 1.165) is 15.9 Å². The van der Waals surface area contributed by atoms with Gasteiger partial charge in [0.15, 0.2) is 5.82 Å². The van der Waals surface area contributed by atoms with E-state index in [9.17, 15) is 0 Å². The summed E-state index contributed by atoms with van der Waals surface area (Å²) in [5, 5.41) is 17.2. The second-order valence-corrected chi connectivity index (χ2v) is 5.29. The van der Waals surface area contributed by atoms with Gasteiger partial charge in [-0.05, 0) is 21.4 Å². The van der Waals surface area contributed by atoms with Crippen molar-refractivity contribution in [2.45, 2.75) is 0 Å². The first-order chi connectivity index (χ1) is 10.7. The van der Waals surface area contributed by atoms with Crippen LogP contribution in [0.25, 0.3) is 11.4 Å². The summed E-state index contributed by atoms with van der Waals surface area (Å²) in [6, 6.07) is 18.6. The summed E-state index contributed by atoms with van der Waals surface area (Å²) < 4.78 is 0.896. The van der Waals surface area contributed by atoms with Crippen LogP contribution in [0.3, 0.4) is 0 Å². The molecular weight excluding hydrogens is 343 g/mol. The van der Waals surface area contributed by atoms with Gasteiger partial charge in [-0.1, -0.05) is 60.7 Å². The molecule has 6 heteroatoms. The van der Waals surface area contributed by atoms with Crippen molar-refractivity contribution in [3.63, 3.8) is 0 Å². The van der Waals surface area contributed by atoms with Crippen LogP contribution in [0.15, 0.2) is 77.5 Å². The Morgan fingerprint density at radius 2 is 1.27 bits per heavy atom. The number of benzene rings is 2. The smallest absolute Gasteiger partial charge is 0.423 e. The second-order valence-electron chi connectivity index (χ2n) is 4.38. The Bertz CT molecular complexity index is 680. The predicted octanol–water partition coefficient (Wildman–Crippen LogP) is 2.27. The van der Waals surface area contributed by atoms with E-state index in [1.807, 2.05) is 36.4 Å². The Balaban J connectivity index is 0.000000172. The highest BCUT2D eigenvalue weighted by Gasteiger charge is 2.07. The SMILES string of the molecule is Brc1cnc(-c2ccccc2)nc1.OB(O)c1ccccc1. The molecule has 0 atom stereocenters. The maximum atomic E-state index is 8.58. The van der Waals surface area contributed by atoms with E-state index in [1.54, 1.807) is 36.7 Å². The van der Waals surface area contributed by atoms with Crippen LogP contribution >= 0.6 is 15.9 Å². The van der Waals surface area contributed by atoms with Gasteiger partial charge >= 0.3 is 7.12 Å². The van der Waals surface area contributed by atoms with E-state index in [4.69, 9.17) is 10.0 Å². The van der Waals surface area contributed by atoms with Crippen molar-refractivity contribution in [3.05, 3.63) is 77.5 Å². The molecule has 0 aliphatic carbocycles. The first kappa shape index (κ1) is 16.4. The fourth-order valence-corrected chi connectivity index (χ4v) is 1.88. The monoisotopic (exact) mass is 356 g/mol. The van der Waals surface area contributed by atoms with E-state index < -0.39 is 7.12 Å². The number of halogens is 1. The quantitative estimate of drug-likeness (QED) is 0.691. The third-order valence-corrected chi connectivity index (χ3v) is 3.16. The van der Waals surface area contributed by atoms with Crippen molar-refractivity contribution in [3.8, 4) is 11.4 Å². The Hall–Kier alpha value is -2.02. The van der Waals surface area contributed by atoms with Crippen LogP contribution in [0.2, 0.25) is 0 Å². The zero-order valence-electron chi connectivity index (χ0n) is 11.7. The van der Waals surface area contributed by atoms with Crippen molar-refractivity contribution in [1.82, 2.24) is 9.97 Å². The normalized spacial score (nSPS) is 9.59. The minimum atomic E-state index is -1.34. The summed E-state index contributed by atoms with van der Waals surface area (Å²) in [5.74, 6) is 0.754. The summed E-state index contributed by atoms with van der Waals surface area (Å²) in [7, 11) is -1.34. The summed E-state index contributed by atoms with van der Waals surface area (Å²) in [6.45, 7) is 0. The van der Waals surface area contributed by atoms with Crippen LogP contribution < -0.4 is 5.46 Å². The highest BCUT2D eigenvalue weighted by Crippen LogP contribution is 2.14. The minimum Gasteiger partial charge on any atom is -0.423 e. The number of aromatic nitrogens is 2. The maximum absolute atomic E-state index is 8.58. The second kappa shape index (κ2) is 8.43. The molecule has 0 amide bonds. The van der Waals surface area contributed by atoms with Gasteiger partial charge in [0.2, 0.25) is 0 Å². The van der Waals surface area contributed by atoms with Gasteiger partial charge in [-0.3, -0.25) is 0 Å². The third-order valence-electron chi connectivity index (χ3n) is 2.75. The van der Waals surface area contributed by atoms with E-state index >= 15 is 0 Å². The summed E-state index contributed by atoms with van der Waals surface area (Å²) in [4.78, 5) is 8.38. The Morgan fingerprint density at radius 3 is 1.73 bits per heavy atom. The molecule has 2 aromatic carbocycles. The molecule has 22 heavy (non-hydrogen) atoms. The maximum Gasteiger partial charge on any atom is 0.488 e. The molecule has 0 aliphatic heterocycles. The number of rotatable bonds is 2. The lowest BCUT2D eigenvalue weighted by molar-refractivity contribution is 0.426. The van der Waals surface area contributed by atoms with Crippen molar-refractivity contribution in [2.75, 3.05) is 0 Å². The zero-order chi connectivity index (χ0) is 15.8. The van der Waals surface area contributed by atoms with Crippen molar-refractivity contribution in [2.24, 2.45) is 0 Å². The van der Waals surface area contributed by atoms with Crippen molar-refractivity contribution < 1.29 is 10.0 Å². The molecule has 2 N–H and O–H groups in total. The van der Waals surface area contributed by atoms with Gasteiger partial charge in [0.05, 0.1) is 4.47 Å². The standard InChI is InChI=1S/C10H7BrN2.C6H7BO2/c11-9-6-12-10(13-7-9)8-4-2-1-3-5-8;8-7(9)6-4-2-1-3-5-6/h1-7H;1-5,8-9H. The molecular formula is C16H14BBrN2O2. The molecule has 0 fully saturated rings. The fourth-order valence-electron chi connectivity index (χ4n) is 1.67. The topological polar surface area (TPSA) is 66.2 Å². The molecule has 0 aliphatic rings. The molecule has 4 nitrogen and oxygen atoms in total. The largest absolute Gasteiger partial charge is 0.488 e. The molecule has 0 saturated carbocycles. The van der Waals surface area contributed by atoms with Crippen LogP contribution in [-0.4, -0.2) is 27.1 Å². The number of hydrogen-bond donors (Lipinski definition) is 2. The molecule has 3 aromatic rings. The summed E-state index contributed by atoms with van der Waals surface area (Å²) in [5.41, 5.74) is 1.56. The van der Waals surface area contributed by atoms with Gasteiger partial charge in [0.1, 0.15) is 0 Å². The van der Waals surface area contributed by atoms with Gasteiger partial charge in [-0.25, -0.2) is 9.97 Å². The first-order valence-electron chi connectivity index (χ1n) is 6.61. The van der Waals surface area contributed by atoms with Gasteiger partial charge in [0.25, 0.3) is 0 Å². The van der Waals surface area contributed by atoms with E-state index in [0.29, 0.717) is 5.46 Å². The Labute approximate surface area is 137 Å². The molecule has 1 aromatic heterocycles. The zero-order valence-corrected chi connectivity index (χ0v) is 13.3. The first-order valence-corrected chi connectivity index (χ1v) is 7.40. The van der Waals surface area contributed by atoms with Crippen LogP contribution in [-0.2, 0) is 0 Å². The van der Waals surface area contributed by atoms with Gasteiger partial charge in [-0.15, -0.1) is 0 Å². The number of hydrogen-bond acceptors (Lipinski definition) is 4. The molecule has 0 bridgehead atoms. The van der Waals surface area contributed by atoms with Gasteiger partial charge < -0.3 is 10.0 Å². The molecule has 110 valence electrons. The highest BCUT2D eigenvalue weighted by atomic mass is 79.9. The molecule has 0 unspecified atom stereocenters. The molecule has 3 rings (SSSR count). The molecule has 0 spiro atoms. The molecule has 0 saturated heterocycles. The van der Waals surface area contributed by atoms with E-state index in [-0.39, 0.29) is 0 Å². The Morgan fingerprint density at radius 1 is 0.773 bits per heavy atom. The van der Waals surface area contributed by atoms with Crippen LogP contribution in [0.4, 0.5) is 0 Å².